The van der Waals surface area contributed by atoms with Crippen LogP contribution in [0.1, 0.15) is 39.5 Å². The van der Waals surface area contributed by atoms with Crippen LogP contribution in [0.4, 0.5) is 5.82 Å². The highest BCUT2D eigenvalue weighted by molar-refractivity contribution is 8.00. The summed E-state index contributed by atoms with van der Waals surface area (Å²) in [6.07, 6.45) is 0.795. The van der Waals surface area contributed by atoms with Crippen LogP contribution in [0.3, 0.4) is 0 Å². The van der Waals surface area contributed by atoms with Gasteiger partial charge in [-0.3, -0.25) is 4.79 Å². The Kier molecular flexibility index (Phi) is 7.36. The number of nitriles is 1. The van der Waals surface area contributed by atoms with E-state index in [0.29, 0.717) is 30.4 Å². The Morgan fingerprint density at radius 1 is 1.23 bits per heavy atom. The van der Waals surface area contributed by atoms with Gasteiger partial charge in [0.05, 0.1) is 11.3 Å². The second kappa shape index (κ2) is 9.81. The number of hydrogen-bond donors (Lipinski definition) is 1. The summed E-state index contributed by atoms with van der Waals surface area (Å²) in [6, 6.07) is 2.24. The van der Waals surface area contributed by atoms with Crippen LogP contribution in [0.5, 0.6) is 0 Å². The minimum Gasteiger partial charge on any atom is -0.385 e. The first-order valence-electron chi connectivity index (χ1n) is 10.0. The Labute approximate surface area is 190 Å². The fourth-order valence-electron chi connectivity index (χ4n) is 3.50. The maximum atomic E-state index is 12.8. The van der Waals surface area contributed by atoms with Crippen molar-refractivity contribution in [3.05, 3.63) is 33.1 Å². The number of carbonyl (C=O) groups excluding carboxylic acids is 1. The predicted molar refractivity (Wildman–Crippen MR) is 126 cm³/mol. The molecule has 0 aliphatic heterocycles. The Hall–Kier alpha value is -2.41. The minimum atomic E-state index is -0.166. The van der Waals surface area contributed by atoms with Gasteiger partial charge in [0.2, 0.25) is 5.91 Å². The molecule has 0 radical (unpaired) electrons. The van der Waals surface area contributed by atoms with Crippen LogP contribution in [0.2, 0.25) is 0 Å². The number of ether oxygens (including phenoxy) is 1. The van der Waals surface area contributed by atoms with Gasteiger partial charge in [0.25, 0.3) is 0 Å². The number of aromatic nitrogens is 3. The molecule has 31 heavy (non-hydrogen) atoms. The zero-order chi connectivity index (χ0) is 22.7. The molecule has 3 heterocycles. The second-order valence-corrected chi connectivity index (χ2v) is 9.59. The molecule has 0 bridgehead atoms. The van der Waals surface area contributed by atoms with Crippen LogP contribution >= 0.6 is 23.1 Å². The van der Waals surface area contributed by atoms with Gasteiger partial charge in [-0.1, -0.05) is 11.8 Å². The van der Waals surface area contributed by atoms with E-state index in [-0.39, 0.29) is 11.7 Å². The van der Waals surface area contributed by atoms with Crippen molar-refractivity contribution in [1.29, 1.82) is 5.26 Å². The van der Waals surface area contributed by atoms with Gasteiger partial charge in [-0.25, -0.2) is 9.97 Å². The van der Waals surface area contributed by atoms with E-state index >= 15 is 0 Å². The van der Waals surface area contributed by atoms with Gasteiger partial charge in [0.15, 0.2) is 0 Å². The smallest absolute Gasteiger partial charge is 0.235 e. The first-order chi connectivity index (χ1) is 14.8. The third-order valence-electron chi connectivity index (χ3n) is 5.38. The van der Waals surface area contributed by atoms with Crippen molar-refractivity contribution in [2.45, 2.75) is 52.6 Å². The summed E-state index contributed by atoms with van der Waals surface area (Å²) in [6.45, 7) is 11.2. The van der Waals surface area contributed by atoms with Crippen molar-refractivity contribution < 1.29 is 9.53 Å². The normalized spacial score (nSPS) is 11.1. The zero-order valence-corrected chi connectivity index (χ0v) is 20.4. The highest BCUT2D eigenvalue weighted by Gasteiger charge is 2.20. The van der Waals surface area contributed by atoms with Gasteiger partial charge in [0.1, 0.15) is 27.6 Å². The van der Waals surface area contributed by atoms with Crippen molar-refractivity contribution in [3.63, 3.8) is 0 Å². The van der Waals surface area contributed by atoms with Crippen molar-refractivity contribution in [1.82, 2.24) is 14.5 Å². The third-order valence-corrected chi connectivity index (χ3v) is 7.45. The molecule has 0 aromatic carbocycles. The molecule has 1 N–H and O–H groups in total. The number of fused-ring (bicyclic) bond motifs is 1. The molecule has 0 fully saturated rings. The van der Waals surface area contributed by atoms with E-state index < -0.39 is 0 Å². The van der Waals surface area contributed by atoms with Gasteiger partial charge in [-0.2, -0.15) is 5.26 Å². The quantitative estimate of drug-likeness (QED) is 0.300. The Morgan fingerprint density at radius 3 is 2.65 bits per heavy atom. The number of thioether (sulfide) groups is 1. The minimum absolute atomic E-state index is 0.166. The predicted octanol–water partition coefficient (Wildman–Crippen LogP) is 4.67. The lowest BCUT2D eigenvalue weighted by atomic mass is 10.2. The molecule has 1 amide bonds. The lowest BCUT2D eigenvalue weighted by Gasteiger charge is -2.13. The zero-order valence-electron chi connectivity index (χ0n) is 18.8. The standard InChI is InChI=1S/C22H27N5O2S2/c1-12-14(3)27(8-7-9-29-6)20(17(12)10-23)26-18(28)11-30-21-19-13(2)15(4)31-22(19)25-16(5)24-21/h7-9,11H2,1-6H3,(H,26,28). The molecule has 0 saturated carbocycles. The van der Waals surface area contributed by atoms with Crippen LogP contribution in [-0.4, -0.2) is 39.9 Å². The Bertz CT molecular complexity index is 1170. The largest absolute Gasteiger partial charge is 0.385 e. The maximum Gasteiger partial charge on any atom is 0.235 e. The van der Waals surface area contributed by atoms with E-state index in [2.05, 4.69) is 35.2 Å². The molecule has 3 aromatic heterocycles. The van der Waals surface area contributed by atoms with Crippen LogP contribution in [0.25, 0.3) is 10.2 Å². The summed E-state index contributed by atoms with van der Waals surface area (Å²) < 4.78 is 7.15. The van der Waals surface area contributed by atoms with Crippen molar-refractivity contribution >= 4 is 45.0 Å². The summed E-state index contributed by atoms with van der Waals surface area (Å²) in [5, 5.41) is 14.5. The van der Waals surface area contributed by atoms with E-state index in [9.17, 15) is 10.1 Å². The van der Waals surface area contributed by atoms with E-state index in [1.54, 1.807) is 18.4 Å². The number of nitrogens with zero attached hydrogens (tertiary/aromatic N) is 4. The Balaban J connectivity index is 1.81. The number of aryl methyl sites for hydroxylation is 3. The third kappa shape index (κ3) is 4.76. The van der Waals surface area contributed by atoms with Crippen LogP contribution in [-0.2, 0) is 16.1 Å². The van der Waals surface area contributed by atoms with E-state index in [4.69, 9.17) is 4.74 Å². The molecule has 0 unspecified atom stereocenters. The van der Waals surface area contributed by atoms with Gasteiger partial charge < -0.3 is 14.6 Å². The van der Waals surface area contributed by atoms with Gasteiger partial charge in [-0.05, 0) is 52.2 Å². The van der Waals surface area contributed by atoms with E-state index in [1.165, 1.54) is 16.6 Å². The number of carbonyl (C=O) groups is 1. The van der Waals surface area contributed by atoms with Crippen LogP contribution in [0, 0.1) is 45.9 Å². The van der Waals surface area contributed by atoms with Gasteiger partial charge in [-0.15, -0.1) is 11.3 Å². The van der Waals surface area contributed by atoms with Crippen molar-refractivity contribution in [3.8, 4) is 6.07 Å². The number of thiophene rings is 1. The number of amides is 1. The average molecular weight is 458 g/mol. The first-order valence-corrected chi connectivity index (χ1v) is 11.8. The molecular formula is C22H27N5O2S2. The fraction of sp³-hybridized carbons (Fsp3) is 0.455. The summed E-state index contributed by atoms with van der Waals surface area (Å²) in [5.74, 6) is 1.29. The van der Waals surface area contributed by atoms with Crippen molar-refractivity contribution in [2.75, 3.05) is 24.8 Å². The van der Waals surface area contributed by atoms with Gasteiger partial charge >= 0.3 is 0 Å². The summed E-state index contributed by atoms with van der Waals surface area (Å²) in [7, 11) is 1.66. The summed E-state index contributed by atoms with van der Waals surface area (Å²) >= 11 is 3.05. The topological polar surface area (TPSA) is 92.8 Å². The molecule has 0 saturated heterocycles. The van der Waals surface area contributed by atoms with E-state index in [1.807, 2.05) is 25.3 Å². The van der Waals surface area contributed by atoms with Crippen LogP contribution < -0.4 is 5.32 Å². The lowest BCUT2D eigenvalue weighted by Crippen LogP contribution is -2.18. The highest BCUT2D eigenvalue weighted by atomic mass is 32.2. The second-order valence-electron chi connectivity index (χ2n) is 7.42. The molecule has 0 spiro atoms. The molecule has 0 aliphatic carbocycles. The molecule has 0 atom stereocenters. The number of hydrogen-bond acceptors (Lipinski definition) is 7. The molecule has 9 heteroatoms. The molecule has 3 aromatic rings. The van der Waals surface area contributed by atoms with E-state index in [0.717, 1.165) is 38.5 Å². The maximum absolute atomic E-state index is 12.8. The Morgan fingerprint density at radius 2 is 1.97 bits per heavy atom. The highest BCUT2D eigenvalue weighted by Crippen LogP contribution is 2.35. The SMILES string of the molecule is COCCCn1c(C)c(C)c(C#N)c1NC(=O)CSc1nc(C)nc2sc(C)c(C)c12. The summed E-state index contributed by atoms with van der Waals surface area (Å²) in [5.41, 5.74) is 3.54. The molecule has 7 nitrogen and oxygen atoms in total. The molecule has 0 aliphatic rings. The summed E-state index contributed by atoms with van der Waals surface area (Å²) in [4.78, 5) is 24.1. The monoisotopic (exact) mass is 457 g/mol. The molecule has 3 rings (SSSR count). The number of methoxy groups -OCH3 is 1. The fourth-order valence-corrected chi connectivity index (χ4v) is 5.57. The number of anilines is 1. The first kappa shape index (κ1) is 23.3. The average Bonchev–Trinajstić information content (AvgIpc) is 3.13. The molecular weight excluding hydrogens is 430 g/mol. The van der Waals surface area contributed by atoms with Crippen LogP contribution in [0.15, 0.2) is 5.03 Å². The van der Waals surface area contributed by atoms with Crippen molar-refractivity contribution in [2.24, 2.45) is 0 Å². The number of rotatable bonds is 8. The molecule has 164 valence electrons. The number of nitrogens with one attached hydrogen (secondary N) is 1. The van der Waals surface area contributed by atoms with Gasteiger partial charge in [0, 0.05) is 36.2 Å². The lowest BCUT2D eigenvalue weighted by molar-refractivity contribution is -0.113.